The number of carbonyl (C=O) groups is 1. The number of hydrogen-bond acceptors (Lipinski definition) is 7. The van der Waals surface area contributed by atoms with Crippen molar-refractivity contribution in [2.45, 2.75) is 24.9 Å². The van der Waals surface area contributed by atoms with E-state index in [9.17, 15) is 4.79 Å². The van der Waals surface area contributed by atoms with Gasteiger partial charge in [0.15, 0.2) is 5.65 Å². The van der Waals surface area contributed by atoms with E-state index in [4.69, 9.17) is 22.4 Å². The lowest BCUT2D eigenvalue weighted by molar-refractivity contribution is 0.102. The van der Waals surface area contributed by atoms with Gasteiger partial charge in [-0.05, 0) is 49.6 Å². The second kappa shape index (κ2) is 7.79. The summed E-state index contributed by atoms with van der Waals surface area (Å²) in [6.07, 6.45) is 5.29. The normalized spacial score (nSPS) is 21.5. The Hall–Kier alpha value is -3.56. The van der Waals surface area contributed by atoms with Crippen LogP contribution in [0.15, 0.2) is 48.9 Å². The van der Waals surface area contributed by atoms with Crippen LogP contribution in [0.4, 0.5) is 11.6 Å². The first kappa shape index (κ1) is 20.1. The van der Waals surface area contributed by atoms with Crippen LogP contribution in [0, 0.1) is 5.92 Å². The molecule has 1 amide bonds. The topological polar surface area (TPSA) is 124 Å². The number of hydrogen-bond donors (Lipinski definition) is 3. The van der Waals surface area contributed by atoms with E-state index in [1.54, 1.807) is 36.5 Å². The number of amides is 1. The van der Waals surface area contributed by atoms with Crippen molar-refractivity contribution in [2.75, 3.05) is 17.6 Å². The SMILES string of the molecule is Nc1ncnc2c1c(-c1ccc(C(=O)Nc3ccccn3)c(Cl)c1)nn2[C@H]1C[C@@H]2CN[C@H]1C2. The lowest BCUT2D eigenvalue weighted by atomic mass is 10.1. The fourth-order valence-corrected chi connectivity index (χ4v) is 5.25. The number of rotatable bonds is 4. The number of fused-ring (bicyclic) bond motifs is 3. The molecule has 10 heteroatoms. The van der Waals surface area contributed by atoms with Crippen molar-refractivity contribution in [3.8, 4) is 11.3 Å². The number of nitrogens with two attached hydrogens (primary N) is 1. The summed E-state index contributed by atoms with van der Waals surface area (Å²) < 4.78 is 1.98. The van der Waals surface area contributed by atoms with E-state index >= 15 is 0 Å². The molecule has 4 N–H and O–H groups in total. The highest BCUT2D eigenvalue weighted by atomic mass is 35.5. The van der Waals surface area contributed by atoms with Crippen LogP contribution in [0.1, 0.15) is 29.2 Å². The van der Waals surface area contributed by atoms with E-state index in [-0.39, 0.29) is 11.9 Å². The number of nitrogens with one attached hydrogen (secondary N) is 2. The molecule has 2 bridgehead atoms. The molecule has 1 saturated heterocycles. The summed E-state index contributed by atoms with van der Waals surface area (Å²) in [7, 11) is 0. The van der Waals surface area contributed by atoms with Crippen LogP contribution < -0.4 is 16.4 Å². The number of benzene rings is 1. The molecule has 9 nitrogen and oxygen atoms in total. The molecule has 1 aliphatic carbocycles. The van der Waals surface area contributed by atoms with Gasteiger partial charge in [-0.15, -0.1) is 0 Å². The molecule has 3 atom stereocenters. The van der Waals surface area contributed by atoms with Crippen molar-refractivity contribution in [3.63, 3.8) is 0 Å². The van der Waals surface area contributed by atoms with Gasteiger partial charge < -0.3 is 16.4 Å². The Labute approximate surface area is 194 Å². The number of nitrogens with zero attached hydrogens (tertiary/aromatic N) is 5. The van der Waals surface area contributed by atoms with E-state index in [0.717, 1.165) is 24.9 Å². The van der Waals surface area contributed by atoms with Gasteiger partial charge in [0.05, 0.1) is 22.0 Å². The Morgan fingerprint density at radius 1 is 1.18 bits per heavy atom. The summed E-state index contributed by atoms with van der Waals surface area (Å²) in [4.78, 5) is 25.5. The van der Waals surface area contributed by atoms with Crippen LogP contribution in [0.5, 0.6) is 0 Å². The van der Waals surface area contributed by atoms with E-state index < -0.39 is 0 Å². The van der Waals surface area contributed by atoms with Crippen molar-refractivity contribution in [1.29, 1.82) is 0 Å². The quantitative estimate of drug-likeness (QED) is 0.426. The highest BCUT2D eigenvalue weighted by Crippen LogP contribution is 2.42. The lowest BCUT2D eigenvalue weighted by Gasteiger charge is -2.23. The first-order valence-corrected chi connectivity index (χ1v) is 11.2. The fourth-order valence-electron chi connectivity index (χ4n) is 4.99. The number of aromatic nitrogens is 5. The molecule has 1 saturated carbocycles. The largest absolute Gasteiger partial charge is 0.383 e. The van der Waals surface area contributed by atoms with Crippen LogP contribution in [0.3, 0.4) is 0 Å². The smallest absolute Gasteiger partial charge is 0.258 e. The third-order valence-electron chi connectivity index (χ3n) is 6.52. The monoisotopic (exact) mass is 460 g/mol. The lowest BCUT2D eigenvalue weighted by Crippen LogP contribution is -2.35. The molecular weight excluding hydrogens is 440 g/mol. The van der Waals surface area contributed by atoms with Crippen LogP contribution in [-0.4, -0.2) is 43.2 Å². The van der Waals surface area contributed by atoms with E-state index in [1.807, 2.05) is 10.7 Å². The Morgan fingerprint density at radius 2 is 2.09 bits per heavy atom. The fraction of sp³-hybridized carbons (Fsp3) is 0.261. The van der Waals surface area contributed by atoms with Gasteiger partial charge in [-0.25, -0.2) is 19.6 Å². The number of pyridine rings is 1. The van der Waals surface area contributed by atoms with Gasteiger partial charge in [-0.3, -0.25) is 4.79 Å². The van der Waals surface area contributed by atoms with E-state index in [1.165, 1.54) is 6.33 Å². The Morgan fingerprint density at radius 3 is 2.82 bits per heavy atom. The summed E-state index contributed by atoms with van der Waals surface area (Å²) >= 11 is 6.53. The summed E-state index contributed by atoms with van der Waals surface area (Å²) in [6.45, 7) is 1.06. The molecular formula is C23H21ClN8O. The molecule has 1 aliphatic heterocycles. The minimum atomic E-state index is -0.337. The van der Waals surface area contributed by atoms with Crippen molar-refractivity contribution in [2.24, 2.45) is 5.92 Å². The molecule has 2 fully saturated rings. The minimum Gasteiger partial charge on any atom is -0.383 e. The zero-order valence-electron chi connectivity index (χ0n) is 17.6. The molecule has 166 valence electrons. The maximum atomic E-state index is 12.7. The van der Waals surface area contributed by atoms with Crippen LogP contribution >= 0.6 is 11.6 Å². The number of piperidine rings is 1. The van der Waals surface area contributed by atoms with Gasteiger partial charge in [-0.1, -0.05) is 23.7 Å². The number of halogens is 1. The first-order valence-electron chi connectivity index (χ1n) is 10.8. The zero-order valence-corrected chi connectivity index (χ0v) is 18.3. The third kappa shape index (κ3) is 3.40. The maximum absolute atomic E-state index is 12.7. The molecule has 4 heterocycles. The molecule has 6 rings (SSSR count). The zero-order chi connectivity index (χ0) is 22.5. The Bertz CT molecular complexity index is 1370. The van der Waals surface area contributed by atoms with Gasteiger partial charge in [0, 0.05) is 17.8 Å². The molecule has 4 aromatic rings. The van der Waals surface area contributed by atoms with Crippen LogP contribution in [0.25, 0.3) is 22.3 Å². The molecule has 0 unspecified atom stereocenters. The van der Waals surface area contributed by atoms with E-state index in [0.29, 0.717) is 50.9 Å². The molecule has 33 heavy (non-hydrogen) atoms. The average molecular weight is 461 g/mol. The van der Waals surface area contributed by atoms with Crippen molar-refractivity contribution >= 4 is 40.2 Å². The van der Waals surface area contributed by atoms with Gasteiger partial charge in [0.1, 0.15) is 23.7 Å². The van der Waals surface area contributed by atoms with Crippen LogP contribution in [-0.2, 0) is 0 Å². The summed E-state index contributed by atoms with van der Waals surface area (Å²) in [5.41, 5.74) is 8.72. The van der Waals surface area contributed by atoms with Gasteiger partial charge in [-0.2, -0.15) is 5.10 Å². The number of anilines is 2. The highest BCUT2D eigenvalue weighted by Gasteiger charge is 2.42. The molecule has 0 radical (unpaired) electrons. The van der Waals surface area contributed by atoms with Crippen molar-refractivity contribution in [1.82, 2.24) is 30.0 Å². The Kier molecular flexibility index (Phi) is 4.74. The molecule has 0 spiro atoms. The standard InChI is InChI=1S/C23H21ClN8O/c24-15-9-13(4-5-14(15)23(33)30-18-3-1-2-6-26-18)20-19-21(25)28-11-29-22(19)32(31-20)17-8-12-7-16(17)27-10-12/h1-6,9,11-12,16-17,27H,7-8,10H2,(H2,25,28,29)(H,26,30,33)/t12-,16+,17+/m1/s1. The number of nitrogen functional groups attached to an aromatic ring is 1. The molecule has 1 aromatic carbocycles. The van der Waals surface area contributed by atoms with Gasteiger partial charge in [0.25, 0.3) is 5.91 Å². The summed E-state index contributed by atoms with van der Waals surface area (Å²) in [6, 6.07) is 11.1. The molecule has 3 aromatic heterocycles. The first-order chi connectivity index (χ1) is 16.1. The number of carbonyl (C=O) groups excluding carboxylic acids is 1. The maximum Gasteiger partial charge on any atom is 0.258 e. The molecule has 2 aliphatic rings. The third-order valence-corrected chi connectivity index (χ3v) is 6.83. The van der Waals surface area contributed by atoms with Crippen LogP contribution in [0.2, 0.25) is 5.02 Å². The van der Waals surface area contributed by atoms with Gasteiger partial charge in [0.2, 0.25) is 0 Å². The minimum absolute atomic E-state index is 0.216. The predicted molar refractivity (Wildman–Crippen MR) is 126 cm³/mol. The summed E-state index contributed by atoms with van der Waals surface area (Å²) in [5, 5.41) is 12.3. The van der Waals surface area contributed by atoms with Crippen molar-refractivity contribution < 1.29 is 4.79 Å². The Balaban J connectivity index is 1.39. The predicted octanol–water partition coefficient (Wildman–Crippen LogP) is 3.30. The average Bonchev–Trinajstić information content (AvgIpc) is 3.54. The highest BCUT2D eigenvalue weighted by molar-refractivity contribution is 6.34. The van der Waals surface area contributed by atoms with E-state index in [2.05, 4.69) is 25.6 Å². The summed E-state index contributed by atoms with van der Waals surface area (Å²) in [5.74, 6) is 1.15. The second-order valence-electron chi connectivity index (χ2n) is 8.53. The van der Waals surface area contributed by atoms with Crippen molar-refractivity contribution in [3.05, 3.63) is 59.5 Å². The second-order valence-corrected chi connectivity index (χ2v) is 8.94. The van der Waals surface area contributed by atoms with Gasteiger partial charge >= 0.3 is 0 Å².